The minimum atomic E-state index is -0.0158. The number of benzene rings is 1. The van der Waals surface area contributed by atoms with Crippen LogP contribution in [0.2, 0.25) is 5.02 Å². The molecule has 0 radical (unpaired) electrons. The van der Waals surface area contributed by atoms with E-state index >= 15 is 0 Å². The molecule has 2 nitrogen and oxygen atoms in total. The number of rotatable bonds is 3. The van der Waals surface area contributed by atoms with E-state index in [0.717, 1.165) is 20.7 Å². The fourth-order valence-electron chi connectivity index (χ4n) is 1.55. The number of halogens is 2. The van der Waals surface area contributed by atoms with Crippen LogP contribution in [0.25, 0.3) is 11.3 Å². The maximum atomic E-state index is 6.22. The van der Waals surface area contributed by atoms with Gasteiger partial charge in [-0.25, -0.2) is 4.98 Å². The fraction of sp³-hybridized carbons (Fsp3) is 0.308. The molecule has 2 aromatic rings. The van der Waals surface area contributed by atoms with Gasteiger partial charge in [-0.2, -0.15) is 0 Å². The van der Waals surface area contributed by atoms with E-state index in [1.165, 1.54) is 0 Å². The lowest BCUT2D eigenvalue weighted by atomic mass is 10.1. The SMILES string of the molecule is CC(C)C(N)c1nc(-c2ccc(Br)cc2Cl)cs1. The number of aromatic nitrogens is 1. The molecule has 1 unspecified atom stereocenters. The van der Waals surface area contributed by atoms with Gasteiger partial charge in [0.05, 0.1) is 16.8 Å². The molecule has 2 N–H and O–H groups in total. The molecule has 2 rings (SSSR count). The van der Waals surface area contributed by atoms with Gasteiger partial charge >= 0.3 is 0 Å². The molecule has 5 heteroatoms. The third-order valence-electron chi connectivity index (χ3n) is 2.73. The lowest BCUT2D eigenvalue weighted by molar-refractivity contribution is 0.512. The molecule has 0 fully saturated rings. The van der Waals surface area contributed by atoms with Crippen LogP contribution < -0.4 is 5.73 Å². The summed E-state index contributed by atoms with van der Waals surface area (Å²) in [5, 5.41) is 3.66. The zero-order chi connectivity index (χ0) is 13.3. The molecule has 96 valence electrons. The van der Waals surface area contributed by atoms with Crippen molar-refractivity contribution in [3.8, 4) is 11.3 Å². The number of nitrogens with zero attached hydrogens (tertiary/aromatic N) is 1. The number of hydrogen-bond donors (Lipinski definition) is 1. The normalized spacial score (nSPS) is 13.0. The zero-order valence-corrected chi connectivity index (χ0v) is 13.3. The van der Waals surface area contributed by atoms with Crippen molar-refractivity contribution in [2.45, 2.75) is 19.9 Å². The molecular formula is C13H14BrClN2S. The van der Waals surface area contributed by atoms with E-state index in [1.54, 1.807) is 11.3 Å². The average Bonchev–Trinajstić information content (AvgIpc) is 2.77. The first-order chi connectivity index (χ1) is 8.49. The summed E-state index contributed by atoms with van der Waals surface area (Å²) < 4.78 is 0.964. The molecule has 0 saturated heterocycles. The molecule has 0 aliphatic rings. The summed E-state index contributed by atoms with van der Waals surface area (Å²) >= 11 is 11.2. The third kappa shape index (κ3) is 2.94. The first-order valence-electron chi connectivity index (χ1n) is 5.65. The van der Waals surface area contributed by atoms with Crippen LogP contribution in [0, 0.1) is 5.92 Å². The largest absolute Gasteiger partial charge is 0.322 e. The molecule has 1 aromatic carbocycles. The second-order valence-corrected chi connectivity index (χ2v) is 6.68. The Hall–Kier alpha value is -0.420. The molecule has 0 bridgehead atoms. The van der Waals surface area contributed by atoms with Crippen LogP contribution in [0.4, 0.5) is 0 Å². The summed E-state index contributed by atoms with van der Waals surface area (Å²) in [5.41, 5.74) is 7.93. The zero-order valence-electron chi connectivity index (χ0n) is 10.2. The highest BCUT2D eigenvalue weighted by Gasteiger charge is 2.16. The van der Waals surface area contributed by atoms with Crippen molar-refractivity contribution in [1.82, 2.24) is 4.98 Å². The topological polar surface area (TPSA) is 38.9 Å². The molecule has 0 saturated carbocycles. The first kappa shape index (κ1) is 14.0. The highest BCUT2D eigenvalue weighted by molar-refractivity contribution is 9.10. The van der Waals surface area contributed by atoms with Crippen LogP contribution in [0.5, 0.6) is 0 Å². The number of thiazole rings is 1. The van der Waals surface area contributed by atoms with Crippen molar-refractivity contribution in [1.29, 1.82) is 0 Å². The second kappa shape index (κ2) is 5.70. The molecule has 0 aliphatic carbocycles. The van der Waals surface area contributed by atoms with Gasteiger partial charge in [0.15, 0.2) is 0 Å². The van der Waals surface area contributed by atoms with Gasteiger partial charge in [0.25, 0.3) is 0 Å². The molecule has 0 aliphatic heterocycles. The molecular weight excluding hydrogens is 332 g/mol. The van der Waals surface area contributed by atoms with Crippen molar-refractivity contribution in [2.75, 3.05) is 0 Å². The number of nitrogens with two attached hydrogens (primary N) is 1. The van der Waals surface area contributed by atoms with E-state index in [-0.39, 0.29) is 6.04 Å². The van der Waals surface area contributed by atoms with E-state index in [9.17, 15) is 0 Å². The summed E-state index contributed by atoms with van der Waals surface area (Å²) in [7, 11) is 0. The van der Waals surface area contributed by atoms with Crippen LogP contribution in [-0.2, 0) is 0 Å². The summed E-state index contributed by atoms with van der Waals surface area (Å²) in [6.45, 7) is 4.19. The minimum Gasteiger partial charge on any atom is -0.322 e. The minimum absolute atomic E-state index is 0.0158. The van der Waals surface area contributed by atoms with Gasteiger partial charge in [-0.3, -0.25) is 0 Å². The summed E-state index contributed by atoms with van der Waals surface area (Å²) in [6, 6.07) is 5.78. The Morgan fingerprint density at radius 2 is 2.11 bits per heavy atom. The summed E-state index contributed by atoms with van der Waals surface area (Å²) in [6.07, 6.45) is 0. The highest BCUT2D eigenvalue weighted by Crippen LogP contribution is 2.33. The van der Waals surface area contributed by atoms with E-state index in [2.05, 4.69) is 34.8 Å². The van der Waals surface area contributed by atoms with Crippen molar-refractivity contribution >= 4 is 38.9 Å². The summed E-state index contributed by atoms with van der Waals surface area (Å²) in [4.78, 5) is 4.59. The lowest BCUT2D eigenvalue weighted by Gasteiger charge is -2.11. The fourth-order valence-corrected chi connectivity index (χ4v) is 3.31. The second-order valence-electron chi connectivity index (χ2n) is 4.46. The predicted molar refractivity (Wildman–Crippen MR) is 82.0 cm³/mol. The molecule has 0 amide bonds. The smallest absolute Gasteiger partial charge is 0.110 e. The van der Waals surface area contributed by atoms with Gasteiger partial charge in [0.2, 0.25) is 0 Å². The third-order valence-corrected chi connectivity index (χ3v) is 4.48. The Bertz CT molecular complexity index is 554. The first-order valence-corrected chi connectivity index (χ1v) is 7.70. The van der Waals surface area contributed by atoms with Crippen molar-refractivity contribution in [2.24, 2.45) is 11.7 Å². The molecule has 1 atom stereocenters. The van der Waals surface area contributed by atoms with Crippen LogP contribution in [0.15, 0.2) is 28.1 Å². The Kier molecular flexibility index (Phi) is 4.43. The Balaban J connectivity index is 2.35. The van der Waals surface area contributed by atoms with Crippen LogP contribution in [-0.4, -0.2) is 4.98 Å². The quantitative estimate of drug-likeness (QED) is 0.861. The van der Waals surface area contributed by atoms with Gasteiger partial charge < -0.3 is 5.73 Å². The van der Waals surface area contributed by atoms with E-state index < -0.39 is 0 Å². The molecule has 1 aromatic heterocycles. The van der Waals surface area contributed by atoms with Crippen LogP contribution in [0.1, 0.15) is 24.9 Å². The standard InChI is InChI=1S/C13H14BrClN2S/c1-7(2)12(16)13-17-11(6-18-13)9-4-3-8(14)5-10(9)15/h3-7,12H,16H2,1-2H3. The van der Waals surface area contributed by atoms with Crippen molar-refractivity contribution < 1.29 is 0 Å². The Morgan fingerprint density at radius 3 is 2.72 bits per heavy atom. The van der Waals surface area contributed by atoms with Gasteiger partial charge in [-0.15, -0.1) is 11.3 Å². The van der Waals surface area contributed by atoms with Crippen molar-refractivity contribution in [3.05, 3.63) is 38.1 Å². The lowest BCUT2D eigenvalue weighted by Crippen LogP contribution is -2.16. The van der Waals surface area contributed by atoms with E-state index in [4.69, 9.17) is 17.3 Å². The molecule has 18 heavy (non-hydrogen) atoms. The molecule has 1 heterocycles. The summed E-state index contributed by atoms with van der Waals surface area (Å²) in [5.74, 6) is 0.379. The maximum Gasteiger partial charge on any atom is 0.110 e. The molecule has 0 spiro atoms. The Labute approximate surface area is 124 Å². The number of hydrogen-bond acceptors (Lipinski definition) is 3. The van der Waals surface area contributed by atoms with E-state index in [1.807, 2.05) is 23.6 Å². The average molecular weight is 346 g/mol. The monoisotopic (exact) mass is 344 g/mol. The van der Waals surface area contributed by atoms with Gasteiger partial charge in [-0.05, 0) is 18.1 Å². The Morgan fingerprint density at radius 1 is 1.39 bits per heavy atom. The van der Waals surface area contributed by atoms with E-state index in [0.29, 0.717) is 10.9 Å². The maximum absolute atomic E-state index is 6.22. The predicted octanol–water partition coefficient (Wildman–Crippen LogP) is 4.88. The van der Waals surface area contributed by atoms with Crippen LogP contribution >= 0.6 is 38.9 Å². The highest BCUT2D eigenvalue weighted by atomic mass is 79.9. The van der Waals surface area contributed by atoms with Crippen molar-refractivity contribution in [3.63, 3.8) is 0 Å². The van der Waals surface area contributed by atoms with Crippen LogP contribution in [0.3, 0.4) is 0 Å². The van der Waals surface area contributed by atoms with Gasteiger partial charge in [0.1, 0.15) is 5.01 Å². The van der Waals surface area contributed by atoms with Gasteiger partial charge in [0, 0.05) is 15.4 Å². The van der Waals surface area contributed by atoms with Gasteiger partial charge in [-0.1, -0.05) is 47.4 Å².